The summed E-state index contributed by atoms with van der Waals surface area (Å²) in [5, 5.41) is 3.18. The highest BCUT2D eigenvalue weighted by atomic mass is 19.4. The van der Waals surface area contributed by atoms with Crippen molar-refractivity contribution in [1.29, 1.82) is 0 Å². The molecule has 104 valence electrons. The summed E-state index contributed by atoms with van der Waals surface area (Å²) in [6, 6.07) is 3.85. The molecule has 1 heterocycles. The Balaban J connectivity index is 2.23. The Morgan fingerprint density at radius 1 is 1.28 bits per heavy atom. The van der Waals surface area contributed by atoms with Crippen molar-refractivity contribution in [1.82, 2.24) is 5.32 Å². The monoisotopic (exact) mass is 265 g/mol. The molecule has 0 unspecified atom stereocenters. The van der Waals surface area contributed by atoms with Crippen LogP contribution in [0.15, 0.2) is 16.5 Å². The zero-order valence-electron chi connectivity index (χ0n) is 10.5. The average Bonchev–Trinajstić information content (AvgIpc) is 2.68. The second kappa shape index (κ2) is 6.80. The van der Waals surface area contributed by atoms with E-state index in [1.54, 1.807) is 12.1 Å². The molecule has 0 radical (unpaired) electrons. The Kier molecular flexibility index (Phi) is 5.68. The molecule has 0 aliphatic rings. The Morgan fingerprint density at radius 2 is 1.94 bits per heavy atom. The summed E-state index contributed by atoms with van der Waals surface area (Å²) in [4.78, 5) is 0. The zero-order valence-corrected chi connectivity index (χ0v) is 10.5. The van der Waals surface area contributed by atoms with E-state index in [0.717, 1.165) is 5.76 Å². The molecule has 0 atom stereocenters. The number of alkyl halides is 3. The maximum absolute atomic E-state index is 11.8. The SMILES string of the molecule is CC(C)NCc1ccc(COCCC(F)(F)F)o1. The molecule has 1 aromatic rings. The Morgan fingerprint density at radius 3 is 2.56 bits per heavy atom. The fourth-order valence-electron chi connectivity index (χ4n) is 1.26. The summed E-state index contributed by atoms with van der Waals surface area (Å²) in [6.45, 7) is 4.36. The molecule has 6 heteroatoms. The van der Waals surface area contributed by atoms with Crippen molar-refractivity contribution >= 4 is 0 Å². The molecule has 0 aromatic carbocycles. The molecule has 0 amide bonds. The summed E-state index contributed by atoms with van der Waals surface area (Å²) in [7, 11) is 0. The highest BCUT2D eigenvalue weighted by Crippen LogP contribution is 2.19. The van der Waals surface area contributed by atoms with Crippen LogP contribution in [-0.2, 0) is 17.9 Å². The highest BCUT2D eigenvalue weighted by molar-refractivity contribution is 5.06. The normalized spacial score (nSPS) is 12.3. The van der Waals surface area contributed by atoms with E-state index in [2.05, 4.69) is 5.32 Å². The molecule has 0 aliphatic heterocycles. The van der Waals surface area contributed by atoms with Crippen LogP contribution >= 0.6 is 0 Å². The van der Waals surface area contributed by atoms with Gasteiger partial charge >= 0.3 is 6.18 Å². The molecule has 1 aromatic heterocycles. The molecule has 1 N–H and O–H groups in total. The van der Waals surface area contributed by atoms with E-state index < -0.39 is 12.6 Å². The fourth-order valence-corrected chi connectivity index (χ4v) is 1.26. The van der Waals surface area contributed by atoms with Crippen molar-refractivity contribution in [2.24, 2.45) is 0 Å². The van der Waals surface area contributed by atoms with Gasteiger partial charge in [-0.2, -0.15) is 13.2 Å². The molecule has 0 fully saturated rings. The van der Waals surface area contributed by atoms with E-state index in [0.29, 0.717) is 18.3 Å². The third-order valence-electron chi connectivity index (χ3n) is 2.18. The molecule has 18 heavy (non-hydrogen) atoms. The van der Waals surface area contributed by atoms with Crippen LogP contribution in [0.2, 0.25) is 0 Å². The molecule has 0 spiro atoms. The van der Waals surface area contributed by atoms with Gasteiger partial charge < -0.3 is 14.5 Å². The standard InChI is InChI=1S/C12H18F3NO2/c1-9(2)16-7-10-3-4-11(18-10)8-17-6-5-12(13,14)15/h3-4,9,16H,5-8H2,1-2H3. The van der Waals surface area contributed by atoms with Crippen molar-refractivity contribution in [3.8, 4) is 0 Å². The Hall–Kier alpha value is -1.01. The van der Waals surface area contributed by atoms with E-state index in [-0.39, 0.29) is 13.2 Å². The molecule has 0 saturated heterocycles. The van der Waals surface area contributed by atoms with Crippen LogP contribution in [0.3, 0.4) is 0 Å². The van der Waals surface area contributed by atoms with Gasteiger partial charge in [-0.1, -0.05) is 13.8 Å². The summed E-state index contributed by atoms with van der Waals surface area (Å²) >= 11 is 0. The van der Waals surface area contributed by atoms with Crippen molar-refractivity contribution in [2.75, 3.05) is 6.61 Å². The Labute approximate surface area is 104 Å². The number of rotatable bonds is 7. The minimum absolute atomic E-state index is 0.0672. The molecule has 0 bridgehead atoms. The van der Waals surface area contributed by atoms with Crippen LogP contribution < -0.4 is 5.32 Å². The molecule has 3 nitrogen and oxygen atoms in total. The van der Waals surface area contributed by atoms with Crippen LogP contribution in [0.5, 0.6) is 0 Å². The molecule has 0 aliphatic carbocycles. The lowest BCUT2D eigenvalue weighted by Crippen LogP contribution is -2.21. The topological polar surface area (TPSA) is 34.4 Å². The number of furan rings is 1. The minimum Gasteiger partial charge on any atom is -0.462 e. The maximum atomic E-state index is 11.8. The molecular formula is C12H18F3NO2. The largest absolute Gasteiger partial charge is 0.462 e. The predicted molar refractivity (Wildman–Crippen MR) is 61.0 cm³/mol. The lowest BCUT2D eigenvalue weighted by molar-refractivity contribution is -0.146. The number of halogens is 3. The van der Waals surface area contributed by atoms with Gasteiger partial charge in [0.2, 0.25) is 0 Å². The average molecular weight is 265 g/mol. The van der Waals surface area contributed by atoms with Gasteiger partial charge in [0.05, 0.1) is 19.6 Å². The van der Waals surface area contributed by atoms with E-state index in [1.165, 1.54) is 0 Å². The maximum Gasteiger partial charge on any atom is 0.391 e. The first-order valence-corrected chi connectivity index (χ1v) is 5.82. The van der Waals surface area contributed by atoms with Crippen molar-refractivity contribution < 1.29 is 22.3 Å². The summed E-state index contributed by atoms with van der Waals surface area (Å²) in [5.41, 5.74) is 0. The molecule has 1 rings (SSSR count). The number of nitrogens with one attached hydrogen (secondary N) is 1. The molecular weight excluding hydrogens is 247 g/mol. The quantitative estimate of drug-likeness (QED) is 0.768. The zero-order chi connectivity index (χ0) is 13.6. The number of ether oxygens (including phenoxy) is 1. The molecule has 0 saturated carbocycles. The van der Waals surface area contributed by atoms with Crippen LogP contribution in [0, 0.1) is 0 Å². The van der Waals surface area contributed by atoms with E-state index in [1.807, 2.05) is 13.8 Å². The first-order chi connectivity index (χ1) is 8.37. The smallest absolute Gasteiger partial charge is 0.391 e. The second-order valence-electron chi connectivity index (χ2n) is 4.32. The fraction of sp³-hybridized carbons (Fsp3) is 0.667. The predicted octanol–water partition coefficient (Wildman–Crippen LogP) is 3.25. The van der Waals surface area contributed by atoms with Crippen molar-refractivity contribution in [3.63, 3.8) is 0 Å². The van der Waals surface area contributed by atoms with Gasteiger partial charge in [0.15, 0.2) is 0 Å². The highest BCUT2D eigenvalue weighted by Gasteiger charge is 2.26. The van der Waals surface area contributed by atoms with E-state index in [4.69, 9.17) is 9.15 Å². The van der Waals surface area contributed by atoms with Crippen molar-refractivity contribution in [2.45, 2.75) is 45.6 Å². The summed E-state index contributed by atoms with van der Waals surface area (Å²) < 4.78 is 45.8. The van der Waals surface area contributed by atoms with Crippen molar-refractivity contribution in [3.05, 3.63) is 23.7 Å². The second-order valence-corrected chi connectivity index (χ2v) is 4.32. The minimum atomic E-state index is -4.17. The van der Waals surface area contributed by atoms with Gasteiger partial charge in [-0.3, -0.25) is 0 Å². The van der Waals surface area contributed by atoms with Crippen LogP contribution in [-0.4, -0.2) is 18.8 Å². The first-order valence-electron chi connectivity index (χ1n) is 5.82. The number of hydrogen-bond acceptors (Lipinski definition) is 3. The van der Waals surface area contributed by atoms with Crippen LogP contribution in [0.1, 0.15) is 31.8 Å². The van der Waals surface area contributed by atoms with Gasteiger partial charge in [-0.25, -0.2) is 0 Å². The van der Waals surface area contributed by atoms with Crippen LogP contribution in [0.25, 0.3) is 0 Å². The van der Waals surface area contributed by atoms with E-state index >= 15 is 0 Å². The Bertz CT molecular complexity index is 347. The lowest BCUT2D eigenvalue weighted by Gasteiger charge is -2.06. The van der Waals surface area contributed by atoms with Gasteiger partial charge in [0.1, 0.15) is 18.1 Å². The van der Waals surface area contributed by atoms with Crippen LogP contribution in [0.4, 0.5) is 13.2 Å². The summed E-state index contributed by atoms with van der Waals surface area (Å²) in [5.74, 6) is 1.29. The van der Waals surface area contributed by atoms with Gasteiger partial charge in [0.25, 0.3) is 0 Å². The number of hydrogen-bond donors (Lipinski definition) is 1. The third kappa shape index (κ3) is 6.66. The van der Waals surface area contributed by atoms with Gasteiger partial charge in [0, 0.05) is 6.04 Å². The van der Waals surface area contributed by atoms with Gasteiger partial charge in [-0.15, -0.1) is 0 Å². The first kappa shape index (κ1) is 15.0. The summed E-state index contributed by atoms with van der Waals surface area (Å²) in [6.07, 6.45) is -5.11. The van der Waals surface area contributed by atoms with E-state index in [9.17, 15) is 13.2 Å². The van der Waals surface area contributed by atoms with Gasteiger partial charge in [-0.05, 0) is 12.1 Å². The third-order valence-corrected chi connectivity index (χ3v) is 2.18. The lowest BCUT2D eigenvalue weighted by atomic mass is 10.3.